The highest BCUT2D eigenvalue weighted by Crippen LogP contribution is 2.30. The van der Waals surface area contributed by atoms with Crippen LogP contribution in [0.4, 0.5) is 0 Å². The molecule has 0 aromatic heterocycles. The van der Waals surface area contributed by atoms with Crippen LogP contribution in [0.25, 0.3) is 0 Å². The highest BCUT2D eigenvalue weighted by molar-refractivity contribution is 9.10. The maximum absolute atomic E-state index is 5.91. The summed E-state index contributed by atoms with van der Waals surface area (Å²) in [4.78, 5) is 0. The van der Waals surface area contributed by atoms with Crippen molar-refractivity contribution >= 4 is 27.7 Å². The molecule has 1 N–H and O–H groups in total. The second kappa shape index (κ2) is 6.83. The van der Waals surface area contributed by atoms with Crippen LogP contribution in [0.3, 0.4) is 0 Å². The van der Waals surface area contributed by atoms with Crippen LogP contribution in [0.2, 0.25) is 0 Å². The highest BCUT2D eigenvalue weighted by atomic mass is 79.9. The van der Waals surface area contributed by atoms with Crippen LogP contribution < -0.4 is 10.1 Å². The van der Waals surface area contributed by atoms with Gasteiger partial charge in [-0.05, 0) is 43.0 Å². The van der Waals surface area contributed by atoms with Gasteiger partial charge in [0.05, 0.1) is 0 Å². The molecule has 1 aliphatic rings. The lowest BCUT2D eigenvalue weighted by molar-refractivity contribution is 0.228. The van der Waals surface area contributed by atoms with Gasteiger partial charge in [-0.15, -0.1) is 0 Å². The van der Waals surface area contributed by atoms with Gasteiger partial charge in [0.25, 0.3) is 0 Å². The van der Waals surface area contributed by atoms with E-state index in [9.17, 15) is 0 Å². The van der Waals surface area contributed by atoms with E-state index in [4.69, 9.17) is 4.74 Å². The number of benzene rings is 1. The van der Waals surface area contributed by atoms with Crippen LogP contribution >= 0.6 is 27.7 Å². The van der Waals surface area contributed by atoms with Crippen LogP contribution in [-0.4, -0.2) is 30.7 Å². The van der Waals surface area contributed by atoms with E-state index in [2.05, 4.69) is 46.6 Å². The Morgan fingerprint density at radius 3 is 3.17 bits per heavy atom. The second-order valence-corrected chi connectivity index (χ2v) is 6.93. The molecule has 0 amide bonds. The Hall–Kier alpha value is -0.190. The topological polar surface area (TPSA) is 21.3 Å². The number of ether oxygens (including phenoxy) is 1. The maximum atomic E-state index is 5.91. The molecule has 0 spiro atoms. The average Bonchev–Trinajstić information content (AvgIpc) is 2.76. The van der Waals surface area contributed by atoms with Crippen molar-refractivity contribution in [2.75, 3.05) is 19.3 Å². The molecule has 0 saturated heterocycles. The predicted molar refractivity (Wildman–Crippen MR) is 82.7 cm³/mol. The van der Waals surface area contributed by atoms with E-state index in [-0.39, 0.29) is 0 Å². The van der Waals surface area contributed by atoms with E-state index in [1.54, 1.807) is 0 Å². The van der Waals surface area contributed by atoms with Crippen molar-refractivity contribution in [2.45, 2.75) is 31.1 Å². The fourth-order valence-corrected chi connectivity index (χ4v) is 2.85. The van der Waals surface area contributed by atoms with Crippen molar-refractivity contribution in [3.63, 3.8) is 0 Å². The molecule has 0 radical (unpaired) electrons. The first kappa shape index (κ1) is 14.2. The first-order valence-electron chi connectivity index (χ1n) is 6.37. The number of nitrogens with one attached hydrogen (secondary N) is 1. The zero-order valence-electron chi connectivity index (χ0n) is 10.9. The third-order valence-electron chi connectivity index (χ3n) is 3.27. The third kappa shape index (κ3) is 3.90. The number of hydrogen-bond donors (Lipinski definition) is 1. The van der Waals surface area contributed by atoms with E-state index in [0.29, 0.717) is 6.10 Å². The summed E-state index contributed by atoms with van der Waals surface area (Å²) in [7, 11) is 0. The Labute approximate surface area is 122 Å². The summed E-state index contributed by atoms with van der Waals surface area (Å²) in [6.45, 7) is 4.28. The molecule has 2 rings (SSSR count). The van der Waals surface area contributed by atoms with Gasteiger partial charge >= 0.3 is 0 Å². The van der Waals surface area contributed by atoms with Crippen molar-refractivity contribution in [3.8, 4) is 5.75 Å². The Morgan fingerprint density at radius 1 is 1.56 bits per heavy atom. The molecule has 100 valence electrons. The number of rotatable bonds is 6. The molecule has 1 heterocycles. The zero-order valence-corrected chi connectivity index (χ0v) is 13.3. The van der Waals surface area contributed by atoms with Crippen molar-refractivity contribution in [2.24, 2.45) is 0 Å². The summed E-state index contributed by atoms with van der Waals surface area (Å²) >= 11 is 5.42. The molecule has 0 aliphatic carbocycles. The first-order chi connectivity index (χ1) is 8.69. The zero-order chi connectivity index (χ0) is 13.0. The van der Waals surface area contributed by atoms with Crippen LogP contribution in [0.15, 0.2) is 22.7 Å². The smallest absolute Gasteiger partial charge is 0.123 e. The quantitative estimate of drug-likeness (QED) is 0.807. The molecule has 0 bridgehead atoms. The third-order valence-corrected chi connectivity index (χ3v) is 4.80. The summed E-state index contributed by atoms with van der Waals surface area (Å²) in [5.41, 5.74) is 1.31. The standard InChI is InChI=1S/C14H20BrNOS/c1-10(18-2)5-6-16-9-13-8-11-7-12(15)3-4-14(11)17-13/h3-4,7,10,13,16H,5-6,8-9H2,1-2H3. The molecular weight excluding hydrogens is 310 g/mol. The Kier molecular flexibility index (Phi) is 5.39. The van der Waals surface area contributed by atoms with E-state index in [1.807, 2.05) is 17.8 Å². The minimum absolute atomic E-state index is 0.291. The van der Waals surface area contributed by atoms with Gasteiger partial charge in [-0.3, -0.25) is 0 Å². The molecule has 1 aromatic rings. The second-order valence-electron chi connectivity index (χ2n) is 4.74. The molecule has 1 aromatic carbocycles. The van der Waals surface area contributed by atoms with Gasteiger partial charge in [-0.25, -0.2) is 0 Å². The molecule has 2 unspecified atom stereocenters. The number of thioether (sulfide) groups is 1. The van der Waals surface area contributed by atoms with Gasteiger partial charge in [0.15, 0.2) is 0 Å². The van der Waals surface area contributed by atoms with Crippen molar-refractivity contribution in [3.05, 3.63) is 28.2 Å². The predicted octanol–water partition coefficient (Wildman–Crippen LogP) is 3.48. The highest BCUT2D eigenvalue weighted by Gasteiger charge is 2.22. The van der Waals surface area contributed by atoms with Crippen molar-refractivity contribution < 1.29 is 4.74 Å². The van der Waals surface area contributed by atoms with Gasteiger partial charge in [0.2, 0.25) is 0 Å². The lowest BCUT2D eigenvalue weighted by Crippen LogP contribution is -2.31. The Balaban J connectivity index is 1.71. The Morgan fingerprint density at radius 2 is 2.39 bits per heavy atom. The van der Waals surface area contributed by atoms with Gasteiger partial charge < -0.3 is 10.1 Å². The molecule has 2 nitrogen and oxygen atoms in total. The SMILES string of the molecule is CSC(C)CCNCC1Cc2cc(Br)ccc2O1. The summed E-state index contributed by atoms with van der Waals surface area (Å²) in [5.74, 6) is 1.04. The largest absolute Gasteiger partial charge is 0.488 e. The molecule has 0 saturated carbocycles. The molecule has 18 heavy (non-hydrogen) atoms. The van der Waals surface area contributed by atoms with Crippen LogP contribution in [-0.2, 0) is 6.42 Å². The van der Waals surface area contributed by atoms with Gasteiger partial charge in [-0.1, -0.05) is 22.9 Å². The van der Waals surface area contributed by atoms with Crippen LogP contribution in [0.1, 0.15) is 18.9 Å². The van der Waals surface area contributed by atoms with Gasteiger partial charge in [0, 0.05) is 22.7 Å². The molecule has 1 aliphatic heterocycles. The molecular formula is C14H20BrNOS. The summed E-state index contributed by atoms with van der Waals surface area (Å²) in [5, 5.41) is 4.22. The van der Waals surface area contributed by atoms with Gasteiger partial charge in [0.1, 0.15) is 11.9 Å². The number of hydrogen-bond acceptors (Lipinski definition) is 3. The summed E-state index contributed by atoms with van der Waals surface area (Å²) in [6.07, 6.45) is 4.68. The fraction of sp³-hybridized carbons (Fsp3) is 0.571. The minimum atomic E-state index is 0.291. The average molecular weight is 330 g/mol. The van der Waals surface area contributed by atoms with Crippen LogP contribution in [0, 0.1) is 0 Å². The lowest BCUT2D eigenvalue weighted by atomic mass is 10.1. The van der Waals surface area contributed by atoms with Crippen molar-refractivity contribution in [1.29, 1.82) is 0 Å². The normalized spacial score (nSPS) is 19.4. The molecule has 0 fully saturated rings. The monoisotopic (exact) mass is 329 g/mol. The fourth-order valence-electron chi connectivity index (χ4n) is 2.09. The molecule has 4 heteroatoms. The minimum Gasteiger partial charge on any atom is -0.488 e. The molecule has 2 atom stereocenters. The van der Waals surface area contributed by atoms with Gasteiger partial charge in [-0.2, -0.15) is 11.8 Å². The van der Waals surface area contributed by atoms with E-state index in [1.165, 1.54) is 12.0 Å². The lowest BCUT2D eigenvalue weighted by Gasteiger charge is -2.13. The summed E-state index contributed by atoms with van der Waals surface area (Å²) < 4.78 is 7.04. The van der Waals surface area contributed by atoms with E-state index >= 15 is 0 Å². The number of halogens is 1. The number of fused-ring (bicyclic) bond motifs is 1. The van der Waals surface area contributed by atoms with Crippen molar-refractivity contribution in [1.82, 2.24) is 5.32 Å². The Bertz CT molecular complexity index is 399. The summed E-state index contributed by atoms with van der Waals surface area (Å²) in [6, 6.07) is 6.25. The van der Waals surface area contributed by atoms with Crippen LogP contribution in [0.5, 0.6) is 5.75 Å². The first-order valence-corrected chi connectivity index (χ1v) is 8.45. The maximum Gasteiger partial charge on any atom is 0.123 e. The van der Waals surface area contributed by atoms with E-state index in [0.717, 1.165) is 35.0 Å². The van der Waals surface area contributed by atoms with E-state index < -0.39 is 0 Å².